The van der Waals surface area contributed by atoms with E-state index in [4.69, 9.17) is 5.73 Å². The van der Waals surface area contributed by atoms with Crippen LogP contribution in [0.15, 0.2) is 0 Å². The fraction of sp³-hybridized carbons (Fsp3) is 1.00. The summed E-state index contributed by atoms with van der Waals surface area (Å²) in [6.45, 7) is 0.786. The van der Waals surface area contributed by atoms with Crippen molar-refractivity contribution in [3.8, 4) is 0 Å². The highest BCUT2D eigenvalue weighted by atomic mass is 32.2. The predicted octanol–water partition coefficient (Wildman–Crippen LogP) is 1.30. The zero-order valence-electron chi connectivity index (χ0n) is 4.88. The van der Waals surface area contributed by atoms with Gasteiger partial charge in [-0.25, -0.2) is 0 Å². The first kappa shape index (κ1) is 8.66. The molecule has 50 valence electrons. The van der Waals surface area contributed by atoms with E-state index in [2.05, 4.69) is 25.3 Å². The zero-order valence-corrected chi connectivity index (χ0v) is 6.67. The molecule has 0 aliphatic rings. The van der Waals surface area contributed by atoms with E-state index in [0.717, 1.165) is 25.8 Å². The minimum atomic E-state index is 0.238. The number of nitrogens with two attached hydrogens (primary N) is 1. The maximum Gasteiger partial charge on any atom is 0.0442 e. The molecule has 0 amide bonds. The first-order chi connectivity index (χ1) is 3.77. The highest BCUT2D eigenvalue weighted by molar-refractivity contribution is 7.99. The van der Waals surface area contributed by atoms with E-state index in [-0.39, 0.29) is 4.58 Å². The predicted molar refractivity (Wildman–Crippen MR) is 44.7 cm³/mol. The summed E-state index contributed by atoms with van der Waals surface area (Å²) in [5, 5.41) is 0. The Labute approximate surface area is 61.8 Å². The number of hydrogen-bond acceptors (Lipinski definition) is 3. The van der Waals surface area contributed by atoms with Crippen LogP contribution in [0.4, 0.5) is 0 Å². The van der Waals surface area contributed by atoms with Gasteiger partial charge in [0.15, 0.2) is 0 Å². The molecule has 3 heteroatoms. The van der Waals surface area contributed by atoms with Crippen LogP contribution in [0.1, 0.15) is 19.3 Å². The van der Waals surface area contributed by atoms with E-state index in [0.29, 0.717) is 0 Å². The van der Waals surface area contributed by atoms with Gasteiger partial charge in [-0.05, 0) is 19.4 Å². The van der Waals surface area contributed by atoms with Crippen LogP contribution >= 0.6 is 25.3 Å². The lowest BCUT2D eigenvalue weighted by molar-refractivity contribution is 0.723. The Bertz CT molecular complexity index is 47.7. The lowest BCUT2D eigenvalue weighted by Crippen LogP contribution is -1.99. The minimum Gasteiger partial charge on any atom is -0.330 e. The number of unbranched alkanes of at least 4 members (excludes halogenated alkanes) is 1. The molecule has 2 N–H and O–H groups in total. The van der Waals surface area contributed by atoms with E-state index in [9.17, 15) is 0 Å². The maximum absolute atomic E-state index is 5.26. The Morgan fingerprint density at radius 2 is 1.88 bits per heavy atom. The van der Waals surface area contributed by atoms with Gasteiger partial charge in [0.1, 0.15) is 0 Å². The van der Waals surface area contributed by atoms with Gasteiger partial charge in [-0.2, -0.15) is 25.3 Å². The third-order valence-corrected chi connectivity index (χ3v) is 1.43. The molecule has 0 fully saturated rings. The highest BCUT2D eigenvalue weighted by Gasteiger charge is 1.92. The smallest absolute Gasteiger partial charge is 0.0442 e. The standard InChI is InChI=1S/C5H13NS2/c6-4-2-1-3-5(7)8/h5,7-8H,1-4,6H2. The van der Waals surface area contributed by atoms with Crippen molar-refractivity contribution in [2.24, 2.45) is 5.73 Å². The van der Waals surface area contributed by atoms with Crippen LogP contribution in [0.25, 0.3) is 0 Å². The monoisotopic (exact) mass is 151 g/mol. The molecule has 0 heterocycles. The van der Waals surface area contributed by atoms with Gasteiger partial charge in [-0.15, -0.1) is 0 Å². The second-order valence-corrected chi connectivity index (χ2v) is 3.42. The van der Waals surface area contributed by atoms with Crippen molar-refractivity contribution < 1.29 is 0 Å². The van der Waals surface area contributed by atoms with E-state index >= 15 is 0 Å². The largest absolute Gasteiger partial charge is 0.330 e. The molecular weight excluding hydrogens is 138 g/mol. The average molecular weight is 151 g/mol. The van der Waals surface area contributed by atoms with Gasteiger partial charge in [0.05, 0.1) is 0 Å². The van der Waals surface area contributed by atoms with Crippen molar-refractivity contribution in [2.45, 2.75) is 23.8 Å². The Hall–Kier alpha value is 0.660. The highest BCUT2D eigenvalue weighted by Crippen LogP contribution is 2.08. The van der Waals surface area contributed by atoms with Gasteiger partial charge in [0, 0.05) is 4.58 Å². The van der Waals surface area contributed by atoms with Crippen LogP contribution < -0.4 is 5.73 Å². The molecule has 0 atom stereocenters. The molecule has 0 bridgehead atoms. The molecule has 8 heavy (non-hydrogen) atoms. The second kappa shape index (κ2) is 5.79. The van der Waals surface area contributed by atoms with Crippen LogP contribution in [0.3, 0.4) is 0 Å². The number of thiol groups is 2. The van der Waals surface area contributed by atoms with Crippen LogP contribution in [0, 0.1) is 0 Å². The van der Waals surface area contributed by atoms with Crippen molar-refractivity contribution in [1.82, 2.24) is 0 Å². The van der Waals surface area contributed by atoms with Crippen molar-refractivity contribution in [2.75, 3.05) is 6.54 Å². The van der Waals surface area contributed by atoms with Gasteiger partial charge in [-0.3, -0.25) is 0 Å². The van der Waals surface area contributed by atoms with Gasteiger partial charge >= 0.3 is 0 Å². The van der Waals surface area contributed by atoms with E-state index < -0.39 is 0 Å². The van der Waals surface area contributed by atoms with Gasteiger partial charge in [0.2, 0.25) is 0 Å². The quantitative estimate of drug-likeness (QED) is 0.315. The third kappa shape index (κ3) is 6.66. The van der Waals surface area contributed by atoms with Crippen molar-refractivity contribution in [1.29, 1.82) is 0 Å². The zero-order chi connectivity index (χ0) is 6.41. The number of rotatable bonds is 4. The summed E-state index contributed by atoms with van der Waals surface area (Å²) in [7, 11) is 0. The molecule has 0 aromatic heterocycles. The van der Waals surface area contributed by atoms with Crippen LogP contribution in [0.2, 0.25) is 0 Å². The minimum absolute atomic E-state index is 0.238. The van der Waals surface area contributed by atoms with Crippen molar-refractivity contribution in [3.63, 3.8) is 0 Å². The lowest BCUT2D eigenvalue weighted by atomic mass is 10.2. The van der Waals surface area contributed by atoms with Gasteiger partial charge in [0.25, 0.3) is 0 Å². The molecular formula is C5H13NS2. The summed E-state index contributed by atoms with van der Waals surface area (Å²) in [5.41, 5.74) is 5.26. The third-order valence-electron chi connectivity index (χ3n) is 0.916. The normalized spacial score (nSPS) is 10.5. The van der Waals surface area contributed by atoms with Gasteiger partial charge in [-0.1, -0.05) is 6.42 Å². The molecule has 1 nitrogen and oxygen atoms in total. The summed E-state index contributed by atoms with van der Waals surface area (Å²) >= 11 is 8.19. The first-order valence-corrected chi connectivity index (χ1v) is 3.87. The molecule has 0 radical (unpaired) electrons. The topological polar surface area (TPSA) is 26.0 Å². The molecule has 0 rings (SSSR count). The molecule has 0 saturated heterocycles. The molecule has 0 spiro atoms. The number of hydrogen-bond donors (Lipinski definition) is 3. The Morgan fingerprint density at radius 1 is 1.25 bits per heavy atom. The first-order valence-electron chi connectivity index (χ1n) is 2.83. The maximum atomic E-state index is 5.26. The SMILES string of the molecule is NCCCCC(S)S. The molecule has 0 aromatic rings. The lowest BCUT2D eigenvalue weighted by Gasteiger charge is -1.99. The average Bonchev–Trinajstić information content (AvgIpc) is 1.66. The van der Waals surface area contributed by atoms with E-state index in [1.807, 2.05) is 0 Å². The van der Waals surface area contributed by atoms with E-state index in [1.165, 1.54) is 0 Å². The molecule has 0 saturated carbocycles. The molecule has 0 aliphatic carbocycles. The van der Waals surface area contributed by atoms with Crippen LogP contribution in [-0.4, -0.2) is 11.1 Å². The molecule has 0 aromatic carbocycles. The van der Waals surface area contributed by atoms with Crippen LogP contribution in [0.5, 0.6) is 0 Å². The van der Waals surface area contributed by atoms with E-state index in [1.54, 1.807) is 0 Å². The fourth-order valence-electron chi connectivity index (χ4n) is 0.471. The summed E-state index contributed by atoms with van der Waals surface area (Å²) < 4.78 is 0.238. The van der Waals surface area contributed by atoms with Crippen molar-refractivity contribution in [3.05, 3.63) is 0 Å². The Balaban J connectivity index is 2.72. The summed E-state index contributed by atoms with van der Waals surface area (Å²) in [5.74, 6) is 0. The van der Waals surface area contributed by atoms with Crippen LogP contribution in [-0.2, 0) is 0 Å². The second-order valence-electron chi connectivity index (χ2n) is 1.77. The van der Waals surface area contributed by atoms with Gasteiger partial charge < -0.3 is 5.73 Å². The molecule has 0 unspecified atom stereocenters. The Kier molecular flexibility index (Phi) is 6.27. The molecule has 0 aliphatic heterocycles. The van der Waals surface area contributed by atoms with Crippen molar-refractivity contribution >= 4 is 25.3 Å². The summed E-state index contributed by atoms with van der Waals surface area (Å²) in [4.78, 5) is 0. The summed E-state index contributed by atoms with van der Waals surface area (Å²) in [6, 6.07) is 0. The Morgan fingerprint density at radius 3 is 2.25 bits per heavy atom. The summed E-state index contributed by atoms with van der Waals surface area (Å²) in [6.07, 6.45) is 3.30. The fourth-order valence-corrected chi connectivity index (χ4v) is 0.836.